The van der Waals surface area contributed by atoms with Crippen molar-refractivity contribution >= 4 is 27.4 Å². The standard InChI is InChI=1S/C19H22N2O5S/c1-13-3-6-18(14(2)11-13)27(24,25)20-16-12-15(19(22)23)4-5-17(16)21-7-9-26-10-8-21/h3-6,11-12,20H,7-10H2,1-2H3,(H,22,23). The second kappa shape index (κ2) is 7.58. The Morgan fingerprint density at radius 1 is 1.11 bits per heavy atom. The van der Waals surface area contributed by atoms with Gasteiger partial charge in [0.25, 0.3) is 10.0 Å². The Morgan fingerprint density at radius 2 is 1.81 bits per heavy atom. The molecule has 8 heteroatoms. The van der Waals surface area contributed by atoms with Crippen molar-refractivity contribution in [2.24, 2.45) is 0 Å². The smallest absolute Gasteiger partial charge is 0.335 e. The van der Waals surface area contributed by atoms with Crippen LogP contribution in [0, 0.1) is 13.8 Å². The summed E-state index contributed by atoms with van der Waals surface area (Å²) in [5.41, 5.74) is 2.50. The van der Waals surface area contributed by atoms with E-state index in [0.717, 1.165) is 5.56 Å². The average Bonchev–Trinajstić information content (AvgIpc) is 2.61. The second-order valence-electron chi connectivity index (χ2n) is 6.51. The first-order valence-corrected chi connectivity index (χ1v) is 10.1. The summed E-state index contributed by atoms with van der Waals surface area (Å²) in [6.07, 6.45) is 0. The van der Waals surface area contributed by atoms with Gasteiger partial charge in [-0.05, 0) is 43.7 Å². The van der Waals surface area contributed by atoms with Gasteiger partial charge in [0.2, 0.25) is 0 Å². The summed E-state index contributed by atoms with van der Waals surface area (Å²) in [7, 11) is -3.87. The van der Waals surface area contributed by atoms with Crippen LogP contribution >= 0.6 is 0 Å². The van der Waals surface area contributed by atoms with E-state index in [4.69, 9.17) is 4.74 Å². The van der Waals surface area contributed by atoms with Gasteiger partial charge in [-0.3, -0.25) is 4.72 Å². The summed E-state index contributed by atoms with van der Waals surface area (Å²) in [6.45, 7) is 5.89. The van der Waals surface area contributed by atoms with Crippen LogP contribution in [0.15, 0.2) is 41.3 Å². The van der Waals surface area contributed by atoms with Crippen LogP contribution in [0.2, 0.25) is 0 Å². The molecule has 0 saturated carbocycles. The first-order valence-electron chi connectivity index (χ1n) is 8.58. The second-order valence-corrected chi connectivity index (χ2v) is 8.16. The molecule has 0 spiro atoms. The number of nitrogens with one attached hydrogen (secondary N) is 1. The maximum Gasteiger partial charge on any atom is 0.335 e. The number of hydrogen-bond acceptors (Lipinski definition) is 5. The summed E-state index contributed by atoms with van der Waals surface area (Å²) >= 11 is 0. The molecule has 144 valence electrons. The van der Waals surface area contributed by atoms with E-state index in [1.807, 2.05) is 11.8 Å². The normalized spacial score (nSPS) is 14.8. The Kier molecular flexibility index (Phi) is 5.38. The highest BCUT2D eigenvalue weighted by atomic mass is 32.2. The number of ether oxygens (including phenoxy) is 1. The Balaban J connectivity index is 2.02. The van der Waals surface area contributed by atoms with E-state index in [9.17, 15) is 18.3 Å². The number of carbonyl (C=O) groups is 1. The molecule has 0 radical (unpaired) electrons. The van der Waals surface area contributed by atoms with Crippen molar-refractivity contribution in [2.75, 3.05) is 35.9 Å². The first kappa shape index (κ1) is 19.2. The molecule has 1 aliphatic heterocycles. The lowest BCUT2D eigenvalue weighted by Gasteiger charge is -2.30. The van der Waals surface area contributed by atoms with E-state index in [-0.39, 0.29) is 16.1 Å². The molecular formula is C19H22N2O5S. The highest BCUT2D eigenvalue weighted by Crippen LogP contribution is 2.31. The molecule has 7 nitrogen and oxygen atoms in total. The summed E-state index contributed by atoms with van der Waals surface area (Å²) in [4.78, 5) is 13.5. The minimum absolute atomic E-state index is 0.0188. The largest absolute Gasteiger partial charge is 0.478 e. The molecule has 0 aromatic heterocycles. The van der Waals surface area contributed by atoms with Gasteiger partial charge in [0.05, 0.1) is 35.0 Å². The molecule has 2 aromatic carbocycles. The Labute approximate surface area is 158 Å². The lowest BCUT2D eigenvalue weighted by atomic mass is 10.1. The van der Waals surface area contributed by atoms with Gasteiger partial charge in [0, 0.05) is 13.1 Å². The van der Waals surface area contributed by atoms with Crippen molar-refractivity contribution < 1.29 is 23.1 Å². The Bertz CT molecular complexity index is 966. The van der Waals surface area contributed by atoms with Gasteiger partial charge >= 0.3 is 5.97 Å². The molecule has 27 heavy (non-hydrogen) atoms. The number of carboxylic acids is 1. The van der Waals surface area contributed by atoms with Gasteiger partial charge < -0.3 is 14.7 Å². The van der Waals surface area contributed by atoms with E-state index in [2.05, 4.69) is 4.72 Å². The van der Waals surface area contributed by atoms with Gasteiger partial charge in [-0.1, -0.05) is 17.7 Å². The van der Waals surface area contributed by atoms with Gasteiger partial charge in [-0.25, -0.2) is 13.2 Å². The predicted molar refractivity (Wildman–Crippen MR) is 103 cm³/mol. The number of aromatic carboxylic acids is 1. The summed E-state index contributed by atoms with van der Waals surface area (Å²) < 4.78 is 33.8. The maximum absolute atomic E-state index is 12.9. The number of morpholine rings is 1. The molecule has 0 atom stereocenters. The van der Waals surface area contributed by atoms with Crippen LogP contribution in [0.3, 0.4) is 0 Å². The molecule has 1 heterocycles. The quantitative estimate of drug-likeness (QED) is 0.815. The van der Waals surface area contributed by atoms with Gasteiger partial charge in [-0.2, -0.15) is 0 Å². The average molecular weight is 390 g/mol. The summed E-state index contributed by atoms with van der Waals surface area (Å²) in [6, 6.07) is 9.55. The van der Waals surface area contributed by atoms with Crippen LogP contribution < -0.4 is 9.62 Å². The number of benzene rings is 2. The number of sulfonamides is 1. The molecule has 0 amide bonds. The third-order valence-corrected chi connectivity index (χ3v) is 5.99. The van der Waals surface area contributed by atoms with Crippen molar-refractivity contribution in [3.8, 4) is 0 Å². The molecule has 1 aliphatic rings. The zero-order valence-electron chi connectivity index (χ0n) is 15.2. The fourth-order valence-corrected chi connectivity index (χ4v) is 4.42. The lowest BCUT2D eigenvalue weighted by molar-refractivity contribution is 0.0697. The van der Waals surface area contributed by atoms with Crippen LogP contribution in [0.1, 0.15) is 21.5 Å². The lowest BCUT2D eigenvalue weighted by Crippen LogP contribution is -2.36. The topological polar surface area (TPSA) is 95.9 Å². The minimum atomic E-state index is -3.87. The third kappa shape index (κ3) is 4.23. The summed E-state index contributed by atoms with van der Waals surface area (Å²) in [5.74, 6) is -1.12. The number of nitrogens with zero attached hydrogens (tertiary/aromatic N) is 1. The minimum Gasteiger partial charge on any atom is -0.478 e. The number of rotatable bonds is 5. The zero-order chi connectivity index (χ0) is 19.6. The van der Waals surface area contributed by atoms with Gasteiger partial charge in [0.1, 0.15) is 0 Å². The number of hydrogen-bond donors (Lipinski definition) is 2. The summed E-state index contributed by atoms with van der Waals surface area (Å²) in [5, 5.41) is 9.29. The van der Waals surface area contributed by atoms with Crippen molar-refractivity contribution in [1.82, 2.24) is 0 Å². The van der Waals surface area contributed by atoms with E-state index < -0.39 is 16.0 Å². The third-order valence-electron chi connectivity index (χ3n) is 4.46. The molecule has 0 bridgehead atoms. The number of carboxylic acid groups (broad SMARTS) is 1. The monoisotopic (exact) mass is 390 g/mol. The zero-order valence-corrected chi connectivity index (χ0v) is 16.0. The molecule has 0 unspecified atom stereocenters. The van der Waals surface area contributed by atoms with Crippen LogP contribution in [-0.4, -0.2) is 45.8 Å². The predicted octanol–water partition coefficient (Wildman–Crippen LogP) is 2.64. The van der Waals surface area contributed by atoms with E-state index in [1.165, 1.54) is 12.1 Å². The molecule has 2 N–H and O–H groups in total. The van der Waals surface area contributed by atoms with Crippen molar-refractivity contribution in [1.29, 1.82) is 0 Å². The Morgan fingerprint density at radius 3 is 2.44 bits per heavy atom. The molecule has 1 fully saturated rings. The van der Waals surface area contributed by atoms with Gasteiger partial charge in [0.15, 0.2) is 0 Å². The molecule has 0 aliphatic carbocycles. The molecule has 3 rings (SSSR count). The van der Waals surface area contributed by atoms with Crippen molar-refractivity contribution in [3.63, 3.8) is 0 Å². The van der Waals surface area contributed by atoms with Crippen LogP contribution in [-0.2, 0) is 14.8 Å². The SMILES string of the molecule is Cc1ccc(S(=O)(=O)Nc2cc(C(=O)O)ccc2N2CCOCC2)c(C)c1. The van der Waals surface area contributed by atoms with Crippen LogP contribution in [0.25, 0.3) is 0 Å². The van der Waals surface area contributed by atoms with Crippen LogP contribution in [0.4, 0.5) is 11.4 Å². The highest BCUT2D eigenvalue weighted by molar-refractivity contribution is 7.92. The maximum atomic E-state index is 12.9. The van der Waals surface area contributed by atoms with E-state index in [0.29, 0.717) is 37.6 Å². The molecular weight excluding hydrogens is 368 g/mol. The number of aryl methyl sites for hydroxylation is 2. The van der Waals surface area contributed by atoms with E-state index >= 15 is 0 Å². The van der Waals surface area contributed by atoms with Crippen molar-refractivity contribution in [2.45, 2.75) is 18.7 Å². The molecule has 2 aromatic rings. The number of anilines is 2. The molecule has 1 saturated heterocycles. The van der Waals surface area contributed by atoms with E-state index in [1.54, 1.807) is 31.2 Å². The van der Waals surface area contributed by atoms with Crippen LogP contribution in [0.5, 0.6) is 0 Å². The van der Waals surface area contributed by atoms with Crippen molar-refractivity contribution in [3.05, 3.63) is 53.1 Å². The Hall–Kier alpha value is -2.58. The van der Waals surface area contributed by atoms with Gasteiger partial charge in [-0.15, -0.1) is 0 Å². The highest BCUT2D eigenvalue weighted by Gasteiger charge is 2.22. The first-order chi connectivity index (χ1) is 12.8. The fraction of sp³-hybridized carbons (Fsp3) is 0.316. The fourth-order valence-electron chi connectivity index (χ4n) is 3.13.